The minimum atomic E-state index is -4.80. The van der Waals surface area contributed by atoms with Crippen LogP contribution in [-0.4, -0.2) is 23.2 Å². The van der Waals surface area contributed by atoms with Crippen LogP contribution in [0.4, 0.5) is 13.2 Å². The predicted octanol–water partition coefficient (Wildman–Crippen LogP) is 4.48. The predicted molar refractivity (Wildman–Crippen MR) is 107 cm³/mol. The van der Waals surface area contributed by atoms with Crippen molar-refractivity contribution in [2.45, 2.75) is 19.5 Å². The van der Waals surface area contributed by atoms with Crippen molar-refractivity contribution >= 4 is 11.9 Å². The number of aliphatic carboxylic acids is 1. The summed E-state index contributed by atoms with van der Waals surface area (Å²) in [4.78, 5) is 24.1. The number of hydrogen-bond acceptors (Lipinski definition) is 3. The number of alkyl halides is 3. The second-order valence-corrected chi connectivity index (χ2v) is 7.12. The van der Waals surface area contributed by atoms with Crippen molar-refractivity contribution in [1.29, 1.82) is 0 Å². The first-order chi connectivity index (χ1) is 14.7. The summed E-state index contributed by atoms with van der Waals surface area (Å²) in [6, 6.07) is 16.5. The van der Waals surface area contributed by atoms with Gasteiger partial charge in [-0.25, -0.2) is 4.79 Å². The van der Waals surface area contributed by atoms with Gasteiger partial charge in [-0.1, -0.05) is 55.5 Å². The van der Waals surface area contributed by atoms with Crippen LogP contribution in [-0.2, 0) is 16.0 Å². The molecule has 5 nitrogen and oxygen atoms in total. The number of carboxylic acid groups (broad SMARTS) is 1. The van der Waals surface area contributed by atoms with Gasteiger partial charge in [0.1, 0.15) is 17.4 Å². The minimum Gasteiger partial charge on any atom is -0.478 e. The molecule has 1 aliphatic rings. The molecule has 8 heteroatoms. The fourth-order valence-electron chi connectivity index (χ4n) is 3.43. The summed E-state index contributed by atoms with van der Waals surface area (Å²) in [6.45, 7) is 1.18. The summed E-state index contributed by atoms with van der Waals surface area (Å²) >= 11 is 0. The zero-order valence-corrected chi connectivity index (χ0v) is 16.5. The maximum atomic E-state index is 14.0. The Bertz CT molecular complexity index is 1010. The molecule has 2 N–H and O–H groups in total. The average Bonchev–Trinajstić information content (AvgIpc) is 2.70. The zero-order chi connectivity index (χ0) is 22.6. The number of carbonyl (C=O) groups excluding carboxylic acids is 1. The van der Waals surface area contributed by atoms with Crippen LogP contribution in [0.25, 0.3) is 0 Å². The molecule has 0 aliphatic heterocycles. The van der Waals surface area contributed by atoms with E-state index < -0.39 is 41.2 Å². The summed E-state index contributed by atoms with van der Waals surface area (Å²) in [7, 11) is 0. The van der Waals surface area contributed by atoms with Crippen molar-refractivity contribution in [2.75, 3.05) is 0 Å². The Kier molecular flexibility index (Phi) is 6.48. The lowest BCUT2D eigenvalue weighted by molar-refractivity contribution is -0.181. The van der Waals surface area contributed by atoms with Crippen molar-refractivity contribution in [2.24, 2.45) is 11.8 Å². The normalized spacial score (nSPS) is 18.9. The molecule has 0 saturated heterocycles. The van der Waals surface area contributed by atoms with E-state index in [2.05, 4.69) is 5.32 Å². The summed E-state index contributed by atoms with van der Waals surface area (Å²) in [5.74, 6) is -6.14. The quantitative estimate of drug-likeness (QED) is 0.708. The fraction of sp³-hybridized carbons (Fsp3) is 0.217. The maximum absolute atomic E-state index is 14.0. The molecule has 2 aromatic carbocycles. The van der Waals surface area contributed by atoms with Gasteiger partial charge in [0.15, 0.2) is 0 Å². The van der Waals surface area contributed by atoms with Crippen molar-refractivity contribution < 1.29 is 32.6 Å². The Morgan fingerprint density at radius 3 is 2.16 bits per heavy atom. The molecule has 0 aromatic heterocycles. The number of benzene rings is 2. The van der Waals surface area contributed by atoms with Gasteiger partial charge in [0.05, 0.1) is 12.1 Å². The van der Waals surface area contributed by atoms with Gasteiger partial charge in [-0.2, -0.15) is 13.2 Å². The molecule has 1 amide bonds. The van der Waals surface area contributed by atoms with Gasteiger partial charge >= 0.3 is 12.1 Å². The molecule has 3 rings (SSSR count). The average molecular weight is 431 g/mol. The second kappa shape index (κ2) is 9.07. The zero-order valence-electron chi connectivity index (χ0n) is 16.5. The van der Waals surface area contributed by atoms with Crippen molar-refractivity contribution in [3.63, 3.8) is 0 Å². The van der Waals surface area contributed by atoms with Crippen molar-refractivity contribution in [1.82, 2.24) is 5.32 Å². The number of ether oxygens (including phenoxy) is 1. The standard InChI is InChI=1S/C23H20F3NO4/c1-14-17(22(29)30)13-18(27-19(28)12-15-8-4-2-5-9-15)21(20(14)23(24,25)26)31-16-10-6-3-7-11-16/h2-11,13-14,20H,12H2,1H3,(H,27,28)(H,29,30). The highest BCUT2D eigenvalue weighted by Gasteiger charge is 2.51. The van der Waals surface area contributed by atoms with Gasteiger partial charge in [0.25, 0.3) is 0 Å². The monoisotopic (exact) mass is 431 g/mol. The summed E-state index contributed by atoms with van der Waals surface area (Å²) in [5.41, 5.74) is -0.120. The molecule has 2 aromatic rings. The van der Waals surface area contributed by atoms with Gasteiger partial charge in [-0.3, -0.25) is 4.79 Å². The molecule has 0 fully saturated rings. The molecule has 0 radical (unpaired) electrons. The van der Waals surface area contributed by atoms with Crippen molar-refractivity contribution in [3.8, 4) is 5.75 Å². The summed E-state index contributed by atoms with van der Waals surface area (Å²) < 4.78 is 47.5. The van der Waals surface area contributed by atoms with Crippen LogP contribution in [0.1, 0.15) is 12.5 Å². The highest BCUT2D eigenvalue weighted by atomic mass is 19.4. The minimum absolute atomic E-state index is 0.0918. The molecule has 0 spiro atoms. The maximum Gasteiger partial charge on any atom is 0.399 e. The van der Waals surface area contributed by atoms with E-state index in [4.69, 9.17) is 4.74 Å². The van der Waals surface area contributed by atoms with E-state index in [1.807, 2.05) is 0 Å². The van der Waals surface area contributed by atoms with E-state index in [0.29, 0.717) is 5.56 Å². The van der Waals surface area contributed by atoms with E-state index >= 15 is 0 Å². The van der Waals surface area contributed by atoms with Crippen LogP contribution >= 0.6 is 0 Å². The number of carboxylic acids is 1. The molecular weight excluding hydrogens is 411 g/mol. The first-order valence-corrected chi connectivity index (χ1v) is 9.49. The third-order valence-electron chi connectivity index (χ3n) is 4.89. The topological polar surface area (TPSA) is 75.6 Å². The van der Waals surface area contributed by atoms with Gasteiger partial charge in [0, 0.05) is 11.5 Å². The van der Waals surface area contributed by atoms with Crippen LogP contribution in [0, 0.1) is 11.8 Å². The SMILES string of the molecule is CC1C(C(=O)O)=CC(NC(=O)Cc2ccccc2)=C(Oc2ccccc2)C1C(F)(F)F. The van der Waals surface area contributed by atoms with Gasteiger partial charge in [-0.05, 0) is 23.8 Å². The largest absolute Gasteiger partial charge is 0.478 e. The third-order valence-corrected chi connectivity index (χ3v) is 4.89. The van der Waals surface area contributed by atoms with Crippen LogP contribution < -0.4 is 10.1 Å². The van der Waals surface area contributed by atoms with E-state index in [1.165, 1.54) is 19.1 Å². The van der Waals surface area contributed by atoms with Gasteiger partial charge in [-0.15, -0.1) is 0 Å². The lowest BCUT2D eigenvalue weighted by Gasteiger charge is -2.33. The molecule has 2 atom stereocenters. The Labute approximate surface area is 176 Å². The molecule has 31 heavy (non-hydrogen) atoms. The summed E-state index contributed by atoms with van der Waals surface area (Å²) in [5, 5.41) is 11.9. The van der Waals surface area contributed by atoms with Crippen LogP contribution in [0.5, 0.6) is 5.75 Å². The Morgan fingerprint density at radius 1 is 1.03 bits per heavy atom. The van der Waals surface area contributed by atoms with E-state index in [0.717, 1.165) is 6.08 Å². The lowest BCUT2D eigenvalue weighted by atomic mass is 9.80. The van der Waals surface area contributed by atoms with E-state index in [-0.39, 0.29) is 17.9 Å². The first kappa shape index (κ1) is 22.1. The van der Waals surface area contributed by atoms with E-state index in [9.17, 15) is 27.9 Å². The molecular formula is C23H20F3NO4. The van der Waals surface area contributed by atoms with Crippen LogP contribution in [0.15, 0.2) is 83.8 Å². The summed E-state index contributed by atoms with van der Waals surface area (Å²) in [6.07, 6.45) is -3.85. The fourth-order valence-corrected chi connectivity index (χ4v) is 3.43. The van der Waals surface area contributed by atoms with Crippen LogP contribution in [0.3, 0.4) is 0 Å². The Morgan fingerprint density at radius 2 is 1.61 bits per heavy atom. The van der Waals surface area contributed by atoms with E-state index in [1.54, 1.807) is 48.5 Å². The number of carbonyl (C=O) groups is 2. The van der Waals surface area contributed by atoms with Crippen LogP contribution in [0.2, 0.25) is 0 Å². The molecule has 162 valence electrons. The number of halogens is 3. The Hall–Kier alpha value is -3.55. The highest BCUT2D eigenvalue weighted by molar-refractivity contribution is 5.89. The van der Waals surface area contributed by atoms with Gasteiger partial charge in [0.2, 0.25) is 5.91 Å². The number of rotatable bonds is 6. The molecule has 0 bridgehead atoms. The second-order valence-electron chi connectivity index (χ2n) is 7.12. The molecule has 0 heterocycles. The molecule has 1 aliphatic carbocycles. The lowest BCUT2D eigenvalue weighted by Crippen LogP contribution is -2.40. The number of amides is 1. The number of nitrogens with one attached hydrogen (secondary N) is 1. The van der Waals surface area contributed by atoms with Gasteiger partial charge < -0.3 is 15.2 Å². The highest BCUT2D eigenvalue weighted by Crippen LogP contribution is 2.44. The molecule has 2 unspecified atom stereocenters. The van der Waals surface area contributed by atoms with Crippen molar-refractivity contribution in [3.05, 3.63) is 89.3 Å². The number of para-hydroxylation sites is 1. The smallest absolute Gasteiger partial charge is 0.399 e. The number of allylic oxidation sites excluding steroid dienone is 2. The number of hydrogen-bond donors (Lipinski definition) is 2. The third kappa shape index (κ3) is 5.33. The Balaban J connectivity index is 2.04. The first-order valence-electron chi connectivity index (χ1n) is 9.49. The molecule has 0 saturated carbocycles.